The Morgan fingerprint density at radius 2 is 1.78 bits per heavy atom. The van der Waals surface area contributed by atoms with Gasteiger partial charge < -0.3 is 11.1 Å². The zero-order valence-electron chi connectivity index (χ0n) is 21.0. The van der Waals surface area contributed by atoms with Crippen LogP contribution in [0.5, 0.6) is 0 Å². The van der Waals surface area contributed by atoms with Crippen molar-refractivity contribution in [3.8, 4) is 0 Å². The number of amides is 2. The number of anilines is 2. The van der Waals surface area contributed by atoms with E-state index >= 15 is 0 Å². The minimum atomic E-state index is -0.241. The highest BCUT2D eigenvalue weighted by atomic mass is 35.5. The molecule has 0 bridgehead atoms. The predicted octanol–water partition coefficient (Wildman–Crippen LogP) is 7.00. The van der Waals surface area contributed by atoms with E-state index in [9.17, 15) is 4.79 Å². The number of carbonyl (C=O) groups excluding carboxylic acids is 2. The Morgan fingerprint density at radius 3 is 2.46 bits per heavy atom. The minimum absolute atomic E-state index is 0.241. The third-order valence-electron chi connectivity index (χ3n) is 5.88. The van der Waals surface area contributed by atoms with Crippen molar-refractivity contribution < 1.29 is 9.59 Å². The number of rotatable bonds is 4. The highest BCUT2D eigenvalue weighted by Gasteiger charge is 2.18. The fourth-order valence-electron chi connectivity index (χ4n) is 4.01. The van der Waals surface area contributed by atoms with Crippen molar-refractivity contribution in [2.45, 2.75) is 37.5 Å². The zero-order valence-corrected chi connectivity index (χ0v) is 22.6. The second kappa shape index (κ2) is 13.7. The third-order valence-corrected chi connectivity index (χ3v) is 6.95. The number of carbonyl (C=O) groups is 2. The van der Waals surface area contributed by atoms with Crippen LogP contribution in [0.2, 0.25) is 5.02 Å². The first-order chi connectivity index (χ1) is 17.9. The maximum absolute atomic E-state index is 12.8. The molecule has 0 saturated carbocycles. The van der Waals surface area contributed by atoms with Crippen molar-refractivity contribution in [1.82, 2.24) is 0 Å². The van der Waals surface area contributed by atoms with Crippen LogP contribution in [-0.4, -0.2) is 24.3 Å². The smallest absolute Gasteiger partial charge is 0.257 e. The van der Waals surface area contributed by atoms with Crippen LogP contribution in [0.4, 0.5) is 11.4 Å². The molecule has 0 unspecified atom stereocenters. The number of hydrazone groups is 1. The van der Waals surface area contributed by atoms with Crippen molar-refractivity contribution in [2.24, 2.45) is 10.8 Å². The molecule has 0 radical (unpaired) electrons. The Kier molecular flexibility index (Phi) is 10.4. The topological polar surface area (TPSA) is 87.8 Å². The Morgan fingerprint density at radius 1 is 1.11 bits per heavy atom. The molecular weight excluding hydrogens is 504 g/mol. The first kappa shape index (κ1) is 28.0. The predicted molar refractivity (Wildman–Crippen MR) is 156 cm³/mol. The van der Waals surface area contributed by atoms with E-state index < -0.39 is 0 Å². The van der Waals surface area contributed by atoms with Gasteiger partial charge in [-0.1, -0.05) is 36.4 Å². The summed E-state index contributed by atoms with van der Waals surface area (Å²) in [5.74, 6) is -0.241. The molecule has 4 rings (SSSR count). The first-order valence-electron chi connectivity index (χ1n) is 11.9. The maximum Gasteiger partial charge on any atom is 0.257 e. The van der Waals surface area contributed by atoms with Gasteiger partial charge in [0.1, 0.15) is 0 Å². The van der Waals surface area contributed by atoms with E-state index in [1.54, 1.807) is 30.0 Å². The number of halogens is 1. The number of thioether (sulfide) groups is 1. The lowest BCUT2D eigenvalue weighted by Crippen LogP contribution is -2.19. The van der Waals surface area contributed by atoms with E-state index in [1.165, 1.54) is 10.5 Å². The molecule has 0 aromatic heterocycles. The molecule has 0 saturated heterocycles. The summed E-state index contributed by atoms with van der Waals surface area (Å²) in [4.78, 5) is 22.6. The van der Waals surface area contributed by atoms with Gasteiger partial charge >= 0.3 is 0 Å². The van der Waals surface area contributed by atoms with Gasteiger partial charge in [-0.05, 0) is 93.0 Å². The monoisotopic (exact) mass is 534 g/mol. The maximum atomic E-state index is 12.8. The van der Waals surface area contributed by atoms with E-state index in [-0.39, 0.29) is 12.3 Å². The summed E-state index contributed by atoms with van der Waals surface area (Å²) in [5, 5.41) is 10.3. The number of fused-ring (bicyclic) bond motifs is 1. The van der Waals surface area contributed by atoms with Gasteiger partial charge in [0.15, 0.2) is 0 Å². The number of benzene rings is 3. The van der Waals surface area contributed by atoms with Crippen LogP contribution in [-0.2, 0) is 11.2 Å². The number of hydrogen-bond acceptors (Lipinski definition) is 5. The van der Waals surface area contributed by atoms with Crippen LogP contribution in [0.1, 0.15) is 47.7 Å². The molecule has 8 heteroatoms. The lowest BCUT2D eigenvalue weighted by atomic mass is 9.97. The van der Waals surface area contributed by atoms with Crippen molar-refractivity contribution in [3.05, 3.63) is 95.0 Å². The summed E-state index contributed by atoms with van der Waals surface area (Å²) < 4.78 is 0. The molecule has 192 valence electrons. The van der Waals surface area contributed by atoms with Gasteiger partial charge in [-0.15, -0.1) is 11.8 Å². The van der Waals surface area contributed by atoms with Crippen LogP contribution in [0, 0.1) is 0 Å². The molecule has 37 heavy (non-hydrogen) atoms. The van der Waals surface area contributed by atoms with E-state index in [0.717, 1.165) is 48.3 Å². The highest BCUT2D eigenvalue weighted by Crippen LogP contribution is 2.33. The molecule has 6 nitrogen and oxygen atoms in total. The van der Waals surface area contributed by atoms with E-state index in [0.29, 0.717) is 16.3 Å². The van der Waals surface area contributed by atoms with Crippen LogP contribution in [0.25, 0.3) is 5.70 Å². The summed E-state index contributed by atoms with van der Waals surface area (Å²) in [7, 11) is 0. The standard InChI is InChI=1S/C28H28ClN3OS.CH3NO/c1-19-8-4-5-9-21-12-13-22(30-28(33)25-10-6-7-11-27(25)29)18-26(21)20(2)32(31-19)23-14-16-24(34-3)17-15-23;2-1-3/h6-7,10-18H,2,4-5,8-9H2,1,3H3,(H,30,33);1H,(H2,2,3)/b31-19-;. The quantitative estimate of drug-likeness (QED) is 0.279. The first-order valence-corrected chi connectivity index (χ1v) is 13.5. The summed E-state index contributed by atoms with van der Waals surface area (Å²) >= 11 is 7.93. The summed E-state index contributed by atoms with van der Waals surface area (Å²) in [6.45, 7) is 6.51. The molecule has 3 aromatic carbocycles. The lowest BCUT2D eigenvalue weighted by molar-refractivity contribution is -0.106. The van der Waals surface area contributed by atoms with Gasteiger partial charge in [-0.2, -0.15) is 5.10 Å². The number of primary amides is 1. The number of aryl methyl sites for hydroxylation is 1. The molecular formula is C29H31ClN4O2S. The number of nitrogens with zero attached hydrogens (tertiary/aromatic N) is 2. The molecule has 1 aliphatic rings. The van der Waals surface area contributed by atoms with Gasteiger partial charge in [-0.25, -0.2) is 5.01 Å². The molecule has 0 aliphatic carbocycles. The average Bonchev–Trinajstić information content (AvgIpc) is 2.90. The minimum Gasteiger partial charge on any atom is -0.372 e. The molecule has 0 spiro atoms. The molecule has 0 fully saturated rings. The second-order valence-electron chi connectivity index (χ2n) is 8.44. The Hall–Kier alpha value is -3.55. The van der Waals surface area contributed by atoms with Crippen LogP contribution < -0.4 is 16.1 Å². The normalized spacial score (nSPS) is 14.8. The molecule has 1 aliphatic heterocycles. The van der Waals surface area contributed by atoms with Crippen molar-refractivity contribution >= 4 is 58.5 Å². The summed E-state index contributed by atoms with van der Waals surface area (Å²) in [6.07, 6.45) is 6.36. The van der Waals surface area contributed by atoms with Gasteiger partial charge in [-0.3, -0.25) is 9.59 Å². The lowest BCUT2D eigenvalue weighted by Gasteiger charge is -2.26. The van der Waals surface area contributed by atoms with E-state index in [1.807, 2.05) is 23.2 Å². The van der Waals surface area contributed by atoms with E-state index in [2.05, 4.69) is 61.1 Å². The van der Waals surface area contributed by atoms with Crippen LogP contribution in [0.15, 0.2) is 83.3 Å². The van der Waals surface area contributed by atoms with Crippen molar-refractivity contribution in [3.63, 3.8) is 0 Å². The van der Waals surface area contributed by atoms with Crippen LogP contribution >= 0.6 is 23.4 Å². The highest BCUT2D eigenvalue weighted by molar-refractivity contribution is 7.98. The van der Waals surface area contributed by atoms with E-state index in [4.69, 9.17) is 21.5 Å². The van der Waals surface area contributed by atoms with Crippen LogP contribution in [0.3, 0.4) is 0 Å². The summed E-state index contributed by atoms with van der Waals surface area (Å²) in [6, 6.07) is 21.4. The molecule has 2 amide bonds. The Bertz CT molecular complexity index is 1290. The fraction of sp³-hybridized carbons (Fsp3) is 0.207. The van der Waals surface area contributed by atoms with Gasteiger partial charge in [0.05, 0.1) is 22.0 Å². The summed E-state index contributed by atoms with van der Waals surface area (Å²) in [5.41, 5.74) is 10.3. The zero-order chi connectivity index (χ0) is 26.8. The number of nitrogens with two attached hydrogens (primary N) is 1. The SMILES string of the molecule is C=C1c2cc(NC(=O)c3ccccc3Cl)ccc2CCCC/C(C)=N\N1c1ccc(SC)cc1.NC=O. The number of nitrogens with one attached hydrogen (secondary N) is 1. The van der Waals surface area contributed by atoms with Crippen molar-refractivity contribution in [2.75, 3.05) is 16.6 Å². The average molecular weight is 535 g/mol. The number of hydrogen-bond donors (Lipinski definition) is 2. The largest absolute Gasteiger partial charge is 0.372 e. The fourth-order valence-corrected chi connectivity index (χ4v) is 4.64. The Labute approximate surface area is 227 Å². The van der Waals surface area contributed by atoms with Crippen molar-refractivity contribution in [1.29, 1.82) is 0 Å². The second-order valence-corrected chi connectivity index (χ2v) is 9.73. The molecule has 0 atom stereocenters. The molecule has 3 aromatic rings. The van der Waals surface area contributed by atoms with Gasteiger partial charge in [0.2, 0.25) is 6.41 Å². The molecule has 1 heterocycles. The van der Waals surface area contributed by atoms with Gasteiger partial charge in [0.25, 0.3) is 5.91 Å². The third kappa shape index (κ3) is 7.47. The Balaban J connectivity index is 0.00000121. The van der Waals surface area contributed by atoms with Gasteiger partial charge in [0, 0.05) is 21.9 Å². The molecule has 3 N–H and O–H groups in total.